The second kappa shape index (κ2) is 7.45. The molecule has 0 bridgehead atoms. The molecule has 1 amide bonds. The first-order chi connectivity index (χ1) is 14.1. The van der Waals surface area contributed by atoms with Crippen molar-refractivity contribution in [3.8, 4) is 5.75 Å². The number of benzene rings is 1. The highest BCUT2D eigenvalue weighted by atomic mass is 16.5. The molecule has 0 N–H and O–H groups in total. The third-order valence-corrected chi connectivity index (χ3v) is 6.36. The maximum atomic E-state index is 12.8. The van der Waals surface area contributed by atoms with Crippen LogP contribution in [0, 0.1) is 12.8 Å². The second-order valence-electron chi connectivity index (χ2n) is 8.96. The highest BCUT2D eigenvalue weighted by Crippen LogP contribution is 2.36. The fraction of sp³-hybridized carbons (Fsp3) is 0.522. The number of carboxylic acids is 1. The van der Waals surface area contributed by atoms with Crippen molar-refractivity contribution in [1.82, 2.24) is 4.90 Å². The summed E-state index contributed by atoms with van der Waals surface area (Å²) in [6.45, 7) is 6.62. The van der Waals surface area contributed by atoms with Crippen molar-refractivity contribution in [1.29, 1.82) is 0 Å². The predicted molar refractivity (Wildman–Crippen MR) is 108 cm³/mol. The summed E-state index contributed by atoms with van der Waals surface area (Å²) >= 11 is 0. The molecule has 2 aliphatic heterocycles. The van der Waals surface area contributed by atoms with Gasteiger partial charge in [-0.1, -0.05) is 0 Å². The Labute approximate surface area is 174 Å². The van der Waals surface area contributed by atoms with E-state index >= 15 is 0 Å². The van der Waals surface area contributed by atoms with Crippen LogP contribution in [0.2, 0.25) is 0 Å². The van der Waals surface area contributed by atoms with Gasteiger partial charge in [0.05, 0.1) is 12.0 Å². The largest absolute Gasteiger partial charge is 0.550 e. The number of carbonyl (C=O) groups excluding carboxylic acids is 2. The normalized spacial score (nSPS) is 18.7. The molecule has 0 spiro atoms. The Balaban J connectivity index is 1.60. The number of piperidine rings is 1. The third kappa shape index (κ3) is 3.80. The Morgan fingerprint density at radius 3 is 2.60 bits per heavy atom. The molecule has 0 unspecified atom stereocenters. The lowest BCUT2D eigenvalue weighted by molar-refractivity contribution is -0.312. The number of fused-ring (bicyclic) bond motifs is 2. The molecule has 3 heterocycles. The van der Waals surface area contributed by atoms with Crippen LogP contribution in [0.4, 0.5) is 0 Å². The standard InChI is InChI=1S/C23H27NO6/c1-13-16-10-15-4-7-23(2,3)30-18(15)12-19(16)29-22(28)17(13)11-20(25)24-8-5-14(6-9-24)21(26)27/h10,12,14H,4-9,11H2,1-3H3,(H,26,27)/p-1. The van der Waals surface area contributed by atoms with Crippen molar-refractivity contribution < 1.29 is 23.8 Å². The van der Waals surface area contributed by atoms with Crippen LogP contribution < -0.4 is 15.5 Å². The van der Waals surface area contributed by atoms with Gasteiger partial charge in [0.2, 0.25) is 5.91 Å². The maximum absolute atomic E-state index is 12.8. The summed E-state index contributed by atoms with van der Waals surface area (Å²) < 4.78 is 11.6. The monoisotopic (exact) mass is 412 g/mol. The Morgan fingerprint density at radius 1 is 1.23 bits per heavy atom. The molecular weight excluding hydrogens is 386 g/mol. The van der Waals surface area contributed by atoms with Crippen molar-refractivity contribution >= 4 is 22.8 Å². The van der Waals surface area contributed by atoms with Gasteiger partial charge in [0.15, 0.2) is 0 Å². The molecule has 1 aromatic carbocycles. The number of amides is 1. The molecule has 1 aromatic heterocycles. The molecule has 7 heteroatoms. The summed E-state index contributed by atoms with van der Waals surface area (Å²) in [6.07, 6.45) is 2.47. The zero-order chi connectivity index (χ0) is 21.6. The van der Waals surface area contributed by atoms with E-state index in [2.05, 4.69) is 0 Å². The molecule has 2 aromatic rings. The molecular formula is C23H26NO6-. The van der Waals surface area contributed by atoms with Crippen molar-refractivity contribution in [3.05, 3.63) is 39.2 Å². The van der Waals surface area contributed by atoms with Crippen molar-refractivity contribution in [3.63, 3.8) is 0 Å². The summed E-state index contributed by atoms with van der Waals surface area (Å²) in [7, 11) is 0. The first kappa shape index (κ1) is 20.4. The molecule has 1 saturated heterocycles. The lowest BCUT2D eigenvalue weighted by Crippen LogP contribution is -2.44. The van der Waals surface area contributed by atoms with E-state index < -0.39 is 17.5 Å². The fourth-order valence-electron chi connectivity index (χ4n) is 4.37. The molecule has 0 saturated carbocycles. The zero-order valence-corrected chi connectivity index (χ0v) is 17.6. The van der Waals surface area contributed by atoms with Crippen molar-refractivity contribution in [2.45, 2.75) is 58.5 Å². The van der Waals surface area contributed by atoms with E-state index in [9.17, 15) is 19.5 Å². The summed E-state index contributed by atoms with van der Waals surface area (Å²) in [4.78, 5) is 38.0. The maximum Gasteiger partial charge on any atom is 0.340 e. The molecule has 0 atom stereocenters. The highest BCUT2D eigenvalue weighted by Gasteiger charge is 2.29. The highest BCUT2D eigenvalue weighted by molar-refractivity contribution is 5.86. The number of carbonyl (C=O) groups is 2. The zero-order valence-electron chi connectivity index (χ0n) is 17.6. The van der Waals surface area contributed by atoms with Gasteiger partial charge < -0.3 is 24.0 Å². The van der Waals surface area contributed by atoms with Gasteiger partial charge in [-0.15, -0.1) is 0 Å². The van der Waals surface area contributed by atoms with Crippen LogP contribution in [0.25, 0.3) is 11.0 Å². The Hall–Kier alpha value is -2.83. The van der Waals surface area contributed by atoms with Gasteiger partial charge >= 0.3 is 5.63 Å². The number of rotatable bonds is 3. The third-order valence-electron chi connectivity index (χ3n) is 6.36. The number of hydrogen-bond acceptors (Lipinski definition) is 6. The van der Waals surface area contributed by atoms with Gasteiger partial charge in [-0.2, -0.15) is 0 Å². The van der Waals surface area contributed by atoms with Gasteiger partial charge in [-0.05, 0) is 63.6 Å². The molecule has 0 radical (unpaired) electrons. The molecule has 2 aliphatic rings. The van der Waals surface area contributed by atoms with Crippen LogP contribution >= 0.6 is 0 Å². The number of aryl methyl sites for hydroxylation is 2. The van der Waals surface area contributed by atoms with E-state index in [1.165, 1.54) is 0 Å². The number of hydrogen-bond donors (Lipinski definition) is 0. The van der Waals surface area contributed by atoms with E-state index in [0.717, 1.165) is 35.1 Å². The summed E-state index contributed by atoms with van der Waals surface area (Å²) in [6, 6.07) is 3.77. The van der Waals surface area contributed by atoms with Crippen LogP contribution in [0.15, 0.2) is 21.3 Å². The van der Waals surface area contributed by atoms with Gasteiger partial charge in [0.25, 0.3) is 0 Å². The number of ether oxygens (including phenoxy) is 1. The first-order valence-electron chi connectivity index (χ1n) is 10.4. The van der Waals surface area contributed by atoms with Gasteiger partial charge in [0.1, 0.15) is 16.9 Å². The quantitative estimate of drug-likeness (QED) is 0.712. The van der Waals surface area contributed by atoms with Crippen LogP contribution in [-0.4, -0.2) is 35.5 Å². The van der Waals surface area contributed by atoms with Crippen LogP contribution in [-0.2, 0) is 22.4 Å². The van der Waals surface area contributed by atoms with Crippen LogP contribution in [0.3, 0.4) is 0 Å². The number of carboxylic acid groups (broad SMARTS) is 1. The van der Waals surface area contributed by atoms with Crippen molar-refractivity contribution in [2.24, 2.45) is 5.92 Å². The average molecular weight is 412 g/mol. The molecule has 4 rings (SSSR count). The molecule has 0 aliphatic carbocycles. The summed E-state index contributed by atoms with van der Waals surface area (Å²) in [5.74, 6) is -1.03. The fourth-order valence-corrected chi connectivity index (χ4v) is 4.37. The van der Waals surface area contributed by atoms with E-state index in [0.29, 0.717) is 37.1 Å². The minimum atomic E-state index is -1.07. The molecule has 1 fully saturated rings. The predicted octanol–water partition coefficient (Wildman–Crippen LogP) is 1.74. The average Bonchev–Trinajstić information content (AvgIpc) is 2.69. The minimum Gasteiger partial charge on any atom is -0.550 e. The van der Waals surface area contributed by atoms with E-state index in [-0.39, 0.29) is 17.9 Å². The van der Waals surface area contributed by atoms with Crippen LogP contribution in [0.1, 0.15) is 49.8 Å². The Morgan fingerprint density at radius 2 is 1.93 bits per heavy atom. The van der Waals surface area contributed by atoms with Crippen molar-refractivity contribution in [2.75, 3.05) is 13.1 Å². The van der Waals surface area contributed by atoms with E-state index in [1.807, 2.05) is 26.8 Å². The van der Waals surface area contributed by atoms with Gasteiger partial charge in [-0.25, -0.2) is 4.79 Å². The number of likely N-dealkylation sites (tertiary alicyclic amines) is 1. The molecule has 160 valence electrons. The topological polar surface area (TPSA) is 99.9 Å². The van der Waals surface area contributed by atoms with E-state index in [1.54, 1.807) is 11.0 Å². The lowest BCUT2D eigenvalue weighted by Gasteiger charge is -2.33. The minimum absolute atomic E-state index is 0.0549. The number of nitrogens with zero attached hydrogens (tertiary/aromatic N) is 1. The summed E-state index contributed by atoms with van der Waals surface area (Å²) in [5, 5.41) is 11.8. The SMILES string of the molecule is Cc1c(CC(=O)N2CCC(C(=O)[O-])CC2)c(=O)oc2cc3c(cc12)CCC(C)(C)O3. The van der Waals surface area contributed by atoms with Gasteiger partial charge in [0, 0.05) is 36.4 Å². The lowest BCUT2D eigenvalue weighted by atomic mass is 9.92. The second-order valence-corrected chi connectivity index (χ2v) is 8.96. The molecule has 7 nitrogen and oxygen atoms in total. The number of aliphatic carboxylic acids is 1. The summed E-state index contributed by atoms with van der Waals surface area (Å²) in [5.41, 5.74) is 1.85. The van der Waals surface area contributed by atoms with Crippen LogP contribution in [0.5, 0.6) is 5.75 Å². The van der Waals surface area contributed by atoms with Gasteiger partial charge in [-0.3, -0.25) is 4.79 Å². The van der Waals surface area contributed by atoms with E-state index in [4.69, 9.17) is 9.15 Å². The Kier molecular flexibility index (Phi) is 5.08. The first-order valence-corrected chi connectivity index (χ1v) is 10.4. The molecule has 30 heavy (non-hydrogen) atoms. The smallest absolute Gasteiger partial charge is 0.340 e. The Bertz CT molecular complexity index is 1080.